The molecular formula is C10H10F2O. The molecule has 1 rings (SSSR count). The van der Waals surface area contributed by atoms with Crippen molar-refractivity contribution < 1.29 is 13.5 Å². The largest absolute Gasteiger partial charge is 0.345 e. The fourth-order valence-corrected chi connectivity index (χ4v) is 0.877. The SMILES string of the molecule is FC(F)OC/C=C/c1ccccc1. The minimum absolute atomic E-state index is 0.0629. The highest BCUT2D eigenvalue weighted by atomic mass is 19.3. The molecule has 0 heterocycles. The lowest BCUT2D eigenvalue weighted by Gasteiger charge is -1.96. The summed E-state index contributed by atoms with van der Waals surface area (Å²) in [7, 11) is 0. The molecule has 1 aromatic rings. The van der Waals surface area contributed by atoms with E-state index in [9.17, 15) is 8.78 Å². The van der Waals surface area contributed by atoms with E-state index in [1.807, 2.05) is 30.3 Å². The van der Waals surface area contributed by atoms with Crippen LogP contribution < -0.4 is 0 Å². The molecule has 0 saturated carbocycles. The Morgan fingerprint density at radius 3 is 2.54 bits per heavy atom. The van der Waals surface area contributed by atoms with E-state index in [4.69, 9.17) is 0 Å². The van der Waals surface area contributed by atoms with Gasteiger partial charge in [-0.05, 0) is 5.56 Å². The topological polar surface area (TPSA) is 9.23 Å². The van der Waals surface area contributed by atoms with Crippen molar-refractivity contribution in [2.75, 3.05) is 6.61 Å². The second-order valence-electron chi connectivity index (χ2n) is 2.41. The smallest absolute Gasteiger partial charge is 0.319 e. The van der Waals surface area contributed by atoms with Crippen LogP contribution in [0.2, 0.25) is 0 Å². The number of hydrogen-bond donors (Lipinski definition) is 0. The maximum atomic E-state index is 11.5. The zero-order valence-electron chi connectivity index (χ0n) is 6.99. The molecule has 13 heavy (non-hydrogen) atoms. The summed E-state index contributed by atoms with van der Waals surface area (Å²) in [6.45, 7) is -2.76. The number of halogens is 2. The Morgan fingerprint density at radius 2 is 1.92 bits per heavy atom. The van der Waals surface area contributed by atoms with Gasteiger partial charge in [0, 0.05) is 0 Å². The van der Waals surface area contributed by atoms with Gasteiger partial charge in [0.2, 0.25) is 0 Å². The quantitative estimate of drug-likeness (QED) is 0.699. The van der Waals surface area contributed by atoms with E-state index in [2.05, 4.69) is 4.74 Å². The van der Waals surface area contributed by atoms with Crippen LogP contribution in [0.3, 0.4) is 0 Å². The van der Waals surface area contributed by atoms with Crippen molar-refractivity contribution in [1.29, 1.82) is 0 Å². The molecule has 70 valence electrons. The predicted octanol–water partition coefficient (Wildman–Crippen LogP) is 2.94. The van der Waals surface area contributed by atoms with Gasteiger partial charge < -0.3 is 4.74 Å². The summed E-state index contributed by atoms with van der Waals surface area (Å²) in [6.07, 6.45) is 3.30. The average Bonchev–Trinajstić information content (AvgIpc) is 2.14. The minimum atomic E-state index is -2.69. The highest BCUT2D eigenvalue weighted by molar-refractivity contribution is 5.48. The van der Waals surface area contributed by atoms with E-state index in [0.29, 0.717) is 0 Å². The molecule has 0 aliphatic carbocycles. The zero-order valence-corrected chi connectivity index (χ0v) is 6.99. The highest BCUT2D eigenvalue weighted by Crippen LogP contribution is 2.01. The van der Waals surface area contributed by atoms with Crippen LogP contribution in [0.1, 0.15) is 5.56 Å². The van der Waals surface area contributed by atoms with Crippen LogP contribution in [-0.4, -0.2) is 13.2 Å². The van der Waals surface area contributed by atoms with Gasteiger partial charge in [-0.3, -0.25) is 0 Å². The maximum absolute atomic E-state index is 11.5. The number of alkyl halides is 2. The zero-order chi connectivity index (χ0) is 9.52. The molecular weight excluding hydrogens is 174 g/mol. The van der Waals surface area contributed by atoms with E-state index in [0.717, 1.165) is 5.56 Å². The van der Waals surface area contributed by atoms with Gasteiger partial charge in [-0.25, -0.2) is 0 Å². The lowest BCUT2D eigenvalue weighted by Crippen LogP contribution is -1.97. The standard InChI is InChI=1S/C10H10F2O/c11-10(12)13-8-4-7-9-5-2-1-3-6-9/h1-7,10H,8H2/b7-4+. The molecule has 0 radical (unpaired) electrons. The van der Waals surface area contributed by atoms with Crippen molar-refractivity contribution in [3.8, 4) is 0 Å². The van der Waals surface area contributed by atoms with Gasteiger partial charge in [0.15, 0.2) is 0 Å². The maximum Gasteiger partial charge on any atom is 0.345 e. The third kappa shape index (κ3) is 4.38. The van der Waals surface area contributed by atoms with Gasteiger partial charge in [-0.15, -0.1) is 0 Å². The molecule has 0 aromatic heterocycles. The first-order valence-corrected chi connectivity index (χ1v) is 3.90. The number of hydrogen-bond acceptors (Lipinski definition) is 1. The summed E-state index contributed by atoms with van der Waals surface area (Å²) < 4.78 is 27.1. The summed E-state index contributed by atoms with van der Waals surface area (Å²) >= 11 is 0. The lowest BCUT2D eigenvalue weighted by molar-refractivity contribution is -0.119. The first kappa shape index (κ1) is 9.86. The fraction of sp³-hybridized carbons (Fsp3) is 0.200. The Kier molecular flexibility index (Phi) is 4.12. The lowest BCUT2D eigenvalue weighted by atomic mass is 10.2. The molecule has 0 spiro atoms. The normalized spacial score (nSPS) is 11.3. The van der Waals surface area contributed by atoms with E-state index in [1.54, 1.807) is 12.2 Å². The average molecular weight is 184 g/mol. The Hall–Kier alpha value is -1.22. The first-order valence-electron chi connectivity index (χ1n) is 3.90. The highest BCUT2D eigenvalue weighted by Gasteiger charge is 1.96. The number of benzene rings is 1. The third-order valence-corrected chi connectivity index (χ3v) is 1.43. The molecule has 1 nitrogen and oxygen atoms in total. The Balaban J connectivity index is 2.33. The molecule has 0 amide bonds. The van der Waals surface area contributed by atoms with Crippen LogP contribution >= 0.6 is 0 Å². The molecule has 1 aromatic carbocycles. The minimum Gasteiger partial charge on any atom is -0.319 e. The number of ether oxygens (including phenoxy) is 1. The van der Waals surface area contributed by atoms with Crippen LogP contribution in [0, 0.1) is 0 Å². The van der Waals surface area contributed by atoms with Crippen LogP contribution in [-0.2, 0) is 4.74 Å². The van der Waals surface area contributed by atoms with Gasteiger partial charge in [-0.1, -0.05) is 42.5 Å². The first-order chi connectivity index (χ1) is 6.29. The van der Waals surface area contributed by atoms with Gasteiger partial charge in [0.05, 0.1) is 6.61 Å². The van der Waals surface area contributed by atoms with E-state index in [-0.39, 0.29) is 6.61 Å². The number of rotatable bonds is 4. The van der Waals surface area contributed by atoms with Gasteiger partial charge in [0.1, 0.15) is 0 Å². The van der Waals surface area contributed by atoms with Crippen LogP contribution in [0.25, 0.3) is 6.08 Å². The second kappa shape index (κ2) is 5.43. The molecule has 3 heteroatoms. The van der Waals surface area contributed by atoms with Crippen LogP contribution in [0.5, 0.6) is 0 Å². The Morgan fingerprint density at radius 1 is 1.23 bits per heavy atom. The second-order valence-corrected chi connectivity index (χ2v) is 2.41. The van der Waals surface area contributed by atoms with Gasteiger partial charge in [-0.2, -0.15) is 8.78 Å². The van der Waals surface area contributed by atoms with Crippen molar-refractivity contribution >= 4 is 6.08 Å². The summed E-state index contributed by atoms with van der Waals surface area (Å²) in [4.78, 5) is 0. The summed E-state index contributed by atoms with van der Waals surface area (Å²) in [5, 5.41) is 0. The van der Waals surface area contributed by atoms with Crippen molar-refractivity contribution in [3.63, 3.8) is 0 Å². The van der Waals surface area contributed by atoms with E-state index < -0.39 is 6.61 Å². The third-order valence-electron chi connectivity index (χ3n) is 1.43. The van der Waals surface area contributed by atoms with E-state index in [1.165, 1.54) is 0 Å². The van der Waals surface area contributed by atoms with E-state index >= 15 is 0 Å². The summed E-state index contributed by atoms with van der Waals surface area (Å²) in [6, 6.07) is 9.44. The van der Waals surface area contributed by atoms with Crippen LogP contribution in [0.4, 0.5) is 8.78 Å². The molecule has 0 N–H and O–H groups in total. The summed E-state index contributed by atoms with van der Waals surface area (Å²) in [5.74, 6) is 0. The molecule has 0 unspecified atom stereocenters. The van der Waals surface area contributed by atoms with Crippen molar-refractivity contribution in [1.82, 2.24) is 0 Å². The molecule has 0 fully saturated rings. The Labute approximate surface area is 75.6 Å². The molecule has 0 aliphatic heterocycles. The van der Waals surface area contributed by atoms with Crippen molar-refractivity contribution in [2.24, 2.45) is 0 Å². The summed E-state index contributed by atoms with van der Waals surface area (Å²) in [5.41, 5.74) is 0.973. The molecule has 0 saturated heterocycles. The Bertz CT molecular complexity index is 257. The molecule has 0 bridgehead atoms. The van der Waals surface area contributed by atoms with Crippen molar-refractivity contribution in [2.45, 2.75) is 6.61 Å². The predicted molar refractivity (Wildman–Crippen MR) is 47.4 cm³/mol. The fourth-order valence-electron chi connectivity index (χ4n) is 0.877. The van der Waals surface area contributed by atoms with Crippen molar-refractivity contribution in [3.05, 3.63) is 42.0 Å². The molecule has 0 aliphatic rings. The van der Waals surface area contributed by atoms with Gasteiger partial charge >= 0.3 is 6.61 Å². The van der Waals surface area contributed by atoms with Crippen LogP contribution in [0.15, 0.2) is 36.4 Å². The van der Waals surface area contributed by atoms with Gasteiger partial charge in [0.25, 0.3) is 0 Å². The monoisotopic (exact) mass is 184 g/mol. The molecule has 0 atom stereocenters.